The molecule has 1 aliphatic heterocycles. The third-order valence-electron chi connectivity index (χ3n) is 4.81. The Morgan fingerprint density at radius 2 is 2.07 bits per heavy atom. The first-order chi connectivity index (χ1) is 13.4. The lowest BCUT2D eigenvalue weighted by Crippen LogP contribution is -2.43. The molecule has 0 spiro atoms. The molecule has 7 nitrogen and oxygen atoms in total. The van der Waals surface area contributed by atoms with Crippen LogP contribution in [0.25, 0.3) is 0 Å². The quantitative estimate of drug-likeness (QED) is 0.755. The van der Waals surface area contributed by atoms with E-state index in [1.165, 1.54) is 12.1 Å². The number of rotatable bonds is 7. The summed E-state index contributed by atoms with van der Waals surface area (Å²) < 4.78 is 28.6. The highest BCUT2D eigenvalue weighted by Crippen LogP contribution is 2.22. The summed E-state index contributed by atoms with van der Waals surface area (Å²) in [6.07, 6.45) is 1.77. The molecule has 1 aromatic heterocycles. The average molecular weight is 400 g/mol. The van der Waals surface area contributed by atoms with Crippen LogP contribution < -0.4 is 4.72 Å². The van der Waals surface area contributed by atoms with Crippen molar-refractivity contribution in [3.63, 3.8) is 0 Å². The molecule has 2 aromatic rings. The summed E-state index contributed by atoms with van der Waals surface area (Å²) in [5.74, 6) is 0.160. The third kappa shape index (κ3) is 5.14. The zero-order valence-electron chi connectivity index (χ0n) is 16.1. The second-order valence-corrected chi connectivity index (χ2v) is 9.12. The molecule has 1 N–H and O–H groups in total. The Kier molecular flexibility index (Phi) is 6.42. The first kappa shape index (κ1) is 20.4. The lowest BCUT2D eigenvalue weighted by atomic mass is 10.0. The Bertz CT molecular complexity index is 941. The topological polar surface area (TPSA) is 89.3 Å². The van der Waals surface area contributed by atoms with E-state index >= 15 is 0 Å². The SMILES string of the molecule is CN(C)C[C@@H]1CN(Cc2ccccn2)C[C@H]1NS(=O)(=O)c1cccc(C#N)c1. The summed E-state index contributed by atoms with van der Waals surface area (Å²) in [6, 6.07) is 13.7. The molecule has 2 atom stereocenters. The van der Waals surface area contributed by atoms with Crippen molar-refractivity contribution in [1.82, 2.24) is 19.5 Å². The van der Waals surface area contributed by atoms with Gasteiger partial charge in [-0.3, -0.25) is 9.88 Å². The van der Waals surface area contributed by atoms with Gasteiger partial charge in [0.2, 0.25) is 10.0 Å². The van der Waals surface area contributed by atoms with Crippen LogP contribution in [0.5, 0.6) is 0 Å². The van der Waals surface area contributed by atoms with Crippen molar-refractivity contribution in [2.75, 3.05) is 33.7 Å². The maximum Gasteiger partial charge on any atom is 0.240 e. The standard InChI is InChI=1S/C20H25N5O2S/c1-24(2)12-17-13-25(14-18-7-3-4-9-22-18)15-20(17)23-28(26,27)19-8-5-6-16(10-19)11-21/h3-10,17,20,23H,12-15H2,1-2H3/t17-,20-/m1/s1. The van der Waals surface area contributed by atoms with Crippen molar-refractivity contribution in [2.45, 2.75) is 17.5 Å². The third-order valence-corrected chi connectivity index (χ3v) is 6.30. The minimum absolute atomic E-state index is 0.123. The van der Waals surface area contributed by atoms with Gasteiger partial charge in [-0.15, -0.1) is 0 Å². The van der Waals surface area contributed by atoms with E-state index in [0.717, 1.165) is 18.8 Å². The predicted molar refractivity (Wildman–Crippen MR) is 107 cm³/mol. The summed E-state index contributed by atoms with van der Waals surface area (Å²) in [7, 11) is 0.276. The highest BCUT2D eigenvalue weighted by atomic mass is 32.2. The van der Waals surface area contributed by atoms with Crippen molar-refractivity contribution < 1.29 is 8.42 Å². The maximum absolute atomic E-state index is 12.9. The molecule has 1 aromatic carbocycles. The van der Waals surface area contributed by atoms with Gasteiger partial charge in [-0.25, -0.2) is 13.1 Å². The second kappa shape index (κ2) is 8.80. The van der Waals surface area contributed by atoms with Crippen LogP contribution in [0.2, 0.25) is 0 Å². The number of aromatic nitrogens is 1. The molecular weight excluding hydrogens is 374 g/mol. The largest absolute Gasteiger partial charge is 0.309 e. The molecule has 0 bridgehead atoms. The van der Waals surface area contributed by atoms with Gasteiger partial charge in [0.05, 0.1) is 22.2 Å². The number of likely N-dealkylation sites (tertiary alicyclic amines) is 1. The van der Waals surface area contributed by atoms with E-state index in [9.17, 15) is 8.42 Å². The zero-order chi connectivity index (χ0) is 20.1. The molecule has 1 saturated heterocycles. The fourth-order valence-corrected chi connectivity index (χ4v) is 4.94. The molecule has 1 fully saturated rings. The van der Waals surface area contributed by atoms with Crippen LogP contribution in [0, 0.1) is 17.2 Å². The average Bonchev–Trinajstić information content (AvgIpc) is 3.02. The summed E-state index contributed by atoms with van der Waals surface area (Å²) in [5, 5.41) is 9.04. The van der Waals surface area contributed by atoms with Crippen LogP contribution in [0.1, 0.15) is 11.3 Å². The lowest BCUT2D eigenvalue weighted by molar-refractivity contribution is 0.282. The van der Waals surface area contributed by atoms with Gasteiger partial charge in [0.15, 0.2) is 0 Å². The number of hydrogen-bond donors (Lipinski definition) is 1. The molecule has 2 heterocycles. The smallest absolute Gasteiger partial charge is 0.240 e. The van der Waals surface area contributed by atoms with Crippen LogP contribution in [0.4, 0.5) is 0 Å². The zero-order valence-corrected chi connectivity index (χ0v) is 16.9. The summed E-state index contributed by atoms with van der Waals surface area (Å²) in [6.45, 7) is 2.88. The Morgan fingerprint density at radius 3 is 2.75 bits per heavy atom. The van der Waals surface area contributed by atoms with E-state index in [1.54, 1.807) is 18.3 Å². The van der Waals surface area contributed by atoms with Gasteiger partial charge >= 0.3 is 0 Å². The van der Waals surface area contributed by atoms with Crippen LogP contribution in [-0.4, -0.2) is 63.0 Å². The van der Waals surface area contributed by atoms with Gasteiger partial charge in [0, 0.05) is 44.3 Å². The van der Waals surface area contributed by atoms with Crippen LogP contribution in [-0.2, 0) is 16.6 Å². The number of nitrogens with one attached hydrogen (secondary N) is 1. The molecule has 0 radical (unpaired) electrons. The van der Waals surface area contributed by atoms with Crippen molar-refractivity contribution in [1.29, 1.82) is 5.26 Å². The number of hydrogen-bond acceptors (Lipinski definition) is 6. The normalized spacial score (nSPS) is 20.4. The van der Waals surface area contributed by atoms with E-state index in [0.29, 0.717) is 18.7 Å². The molecule has 0 saturated carbocycles. The number of benzene rings is 1. The molecule has 0 amide bonds. The molecule has 3 rings (SSSR count). The number of nitrogens with zero attached hydrogens (tertiary/aromatic N) is 4. The highest BCUT2D eigenvalue weighted by molar-refractivity contribution is 7.89. The van der Waals surface area contributed by atoms with Gasteiger partial charge in [0.25, 0.3) is 0 Å². The Morgan fingerprint density at radius 1 is 1.25 bits per heavy atom. The fourth-order valence-electron chi connectivity index (χ4n) is 3.60. The van der Waals surface area contributed by atoms with Gasteiger partial charge in [-0.05, 0) is 44.4 Å². The molecule has 148 valence electrons. The summed E-state index contributed by atoms with van der Waals surface area (Å²) >= 11 is 0. The Balaban J connectivity index is 1.76. The van der Waals surface area contributed by atoms with Crippen LogP contribution >= 0.6 is 0 Å². The molecule has 0 unspecified atom stereocenters. The van der Waals surface area contributed by atoms with E-state index < -0.39 is 10.0 Å². The monoisotopic (exact) mass is 399 g/mol. The van der Waals surface area contributed by atoms with Crippen molar-refractivity contribution in [3.05, 3.63) is 59.9 Å². The fraction of sp³-hybridized carbons (Fsp3) is 0.400. The summed E-state index contributed by atoms with van der Waals surface area (Å²) in [4.78, 5) is 8.80. The first-order valence-electron chi connectivity index (χ1n) is 9.17. The molecule has 0 aliphatic carbocycles. The predicted octanol–water partition coefficient (Wildman–Crippen LogP) is 1.29. The molecule has 1 aliphatic rings. The number of nitriles is 1. The first-order valence-corrected chi connectivity index (χ1v) is 10.6. The van der Waals surface area contributed by atoms with Crippen LogP contribution in [0.3, 0.4) is 0 Å². The van der Waals surface area contributed by atoms with Gasteiger partial charge in [0.1, 0.15) is 0 Å². The van der Waals surface area contributed by atoms with Gasteiger partial charge in [-0.1, -0.05) is 12.1 Å². The van der Waals surface area contributed by atoms with Gasteiger partial charge in [-0.2, -0.15) is 5.26 Å². The highest BCUT2D eigenvalue weighted by Gasteiger charge is 2.36. The maximum atomic E-state index is 12.9. The molecular formula is C20H25N5O2S. The number of sulfonamides is 1. The summed E-state index contributed by atoms with van der Waals surface area (Å²) in [5.41, 5.74) is 1.30. The molecule has 8 heteroatoms. The molecule has 28 heavy (non-hydrogen) atoms. The van der Waals surface area contributed by atoms with E-state index in [2.05, 4.69) is 19.5 Å². The number of pyridine rings is 1. The van der Waals surface area contributed by atoms with E-state index in [4.69, 9.17) is 5.26 Å². The van der Waals surface area contributed by atoms with Crippen molar-refractivity contribution >= 4 is 10.0 Å². The van der Waals surface area contributed by atoms with Crippen LogP contribution in [0.15, 0.2) is 53.6 Å². The Labute approximate surface area is 166 Å². The Hall–Kier alpha value is -2.31. The van der Waals surface area contributed by atoms with E-state index in [-0.39, 0.29) is 16.9 Å². The minimum Gasteiger partial charge on any atom is -0.309 e. The lowest BCUT2D eigenvalue weighted by Gasteiger charge is -2.22. The van der Waals surface area contributed by atoms with Crippen molar-refractivity contribution in [2.24, 2.45) is 5.92 Å². The van der Waals surface area contributed by atoms with E-state index in [1.807, 2.05) is 38.4 Å². The van der Waals surface area contributed by atoms with Crippen molar-refractivity contribution in [3.8, 4) is 6.07 Å². The van der Waals surface area contributed by atoms with Gasteiger partial charge < -0.3 is 4.90 Å². The minimum atomic E-state index is -3.70. The second-order valence-electron chi connectivity index (χ2n) is 7.40.